The molecule has 1 fully saturated rings. The molecule has 4 rings (SSSR count). The summed E-state index contributed by atoms with van der Waals surface area (Å²) < 4.78 is 37.9. The van der Waals surface area contributed by atoms with Crippen molar-refractivity contribution < 1.29 is 22.4 Å². The van der Waals surface area contributed by atoms with Crippen LogP contribution in [0.3, 0.4) is 0 Å². The second kappa shape index (κ2) is 10.2. The van der Waals surface area contributed by atoms with Crippen LogP contribution in [0.5, 0.6) is 0 Å². The largest absolute Gasteiger partial charge is 0.339 e. The smallest absolute Gasteiger partial charge is 0.256 e. The van der Waals surface area contributed by atoms with E-state index >= 15 is 0 Å². The van der Waals surface area contributed by atoms with Gasteiger partial charge in [0.1, 0.15) is 5.82 Å². The summed E-state index contributed by atoms with van der Waals surface area (Å²) in [5.41, 5.74) is 4.18. The highest BCUT2D eigenvalue weighted by molar-refractivity contribution is 7.90. The number of amides is 2. The Hall–Kier alpha value is -3.52. The molecule has 1 aliphatic heterocycles. The zero-order chi connectivity index (χ0) is 26.0. The third kappa shape index (κ3) is 5.65. The fraction of sp³-hybridized carbons (Fsp3) is 0.286. The minimum Gasteiger partial charge on any atom is -0.339 e. The lowest BCUT2D eigenvalue weighted by molar-refractivity contribution is 0.0708. The van der Waals surface area contributed by atoms with Crippen LogP contribution >= 0.6 is 0 Å². The first-order valence-electron chi connectivity index (χ1n) is 11.8. The van der Waals surface area contributed by atoms with Crippen molar-refractivity contribution in [3.8, 4) is 0 Å². The molecule has 0 aromatic heterocycles. The molecule has 3 aromatic carbocycles. The standard InChI is InChI=1S/C28H29FN2O4S/c1-18-4-5-19(2)24(16-18)27(32)30-22-8-6-20(7-9-22)21-12-14-31(15-13-21)28(33)25-17-23(36(3,34)35)10-11-26(25)29/h4-11,16-17,21H,12-15H2,1-3H3,(H,30,32). The number of aryl methyl sites for hydroxylation is 2. The topological polar surface area (TPSA) is 83.6 Å². The molecule has 0 radical (unpaired) electrons. The number of hydrogen-bond acceptors (Lipinski definition) is 4. The Bertz CT molecular complexity index is 1410. The summed E-state index contributed by atoms with van der Waals surface area (Å²) in [7, 11) is -3.55. The van der Waals surface area contributed by atoms with E-state index in [4.69, 9.17) is 0 Å². The highest BCUT2D eigenvalue weighted by Gasteiger charge is 2.27. The molecule has 0 bridgehead atoms. The Morgan fingerprint density at radius 2 is 1.58 bits per heavy atom. The van der Waals surface area contributed by atoms with Crippen molar-refractivity contribution in [3.05, 3.63) is 94.3 Å². The van der Waals surface area contributed by atoms with E-state index in [0.29, 0.717) is 37.2 Å². The van der Waals surface area contributed by atoms with Crippen LogP contribution in [-0.2, 0) is 9.84 Å². The van der Waals surface area contributed by atoms with E-state index in [9.17, 15) is 22.4 Å². The number of sulfone groups is 1. The number of benzene rings is 3. The van der Waals surface area contributed by atoms with E-state index in [1.807, 2.05) is 56.3 Å². The second-order valence-corrected chi connectivity index (χ2v) is 11.4. The van der Waals surface area contributed by atoms with Gasteiger partial charge in [-0.25, -0.2) is 12.8 Å². The van der Waals surface area contributed by atoms with Gasteiger partial charge in [-0.15, -0.1) is 0 Å². The molecule has 1 heterocycles. The predicted octanol–water partition coefficient (Wildman–Crippen LogP) is 5.12. The monoisotopic (exact) mass is 508 g/mol. The number of carbonyl (C=O) groups is 2. The highest BCUT2D eigenvalue weighted by Crippen LogP contribution is 2.30. The van der Waals surface area contributed by atoms with Crippen LogP contribution in [0, 0.1) is 19.7 Å². The quantitative estimate of drug-likeness (QED) is 0.485. The van der Waals surface area contributed by atoms with Crippen molar-refractivity contribution in [1.29, 1.82) is 0 Å². The van der Waals surface area contributed by atoms with Gasteiger partial charge in [-0.05, 0) is 80.1 Å². The van der Waals surface area contributed by atoms with Crippen LogP contribution in [0.15, 0.2) is 65.6 Å². The number of likely N-dealkylation sites (tertiary alicyclic amines) is 1. The van der Waals surface area contributed by atoms with Crippen LogP contribution in [-0.4, -0.2) is 44.5 Å². The van der Waals surface area contributed by atoms with Gasteiger partial charge < -0.3 is 10.2 Å². The zero-order valence-electron chi connectivity index (χ0n) is 20.5. The Kier molecular flexibility index (Phi) is 7.26. The molecule has 1 aliphatic rings. The third-order valence-electron chi connectivity index (χ3n) is 6.66. The first-order chi connectivity index (χ1) is 17.0. The predicted molar refractivity (Wildman–Crippen MR) is 138 cm³/mol. The van der Waals surface area contributed by atoms with Crippen LogP contribution in [0.1, 0.15) is 56.2 Å². The summed E-state index contributed by atoms with van der Waals surface area (Å²) in [5.74, 6) is -1.15. The van der Waals surface area contributed by atoms with Gasteiger partial charge in [-0.2, -0.15) is 0 Å². The average Bonchev–Trinajstić information content (AvgIpc) is 2.85. The van der Waals surface area contributed by atoms with Gasteiger partial charge in [0.25, 0.3) is 11.8 Å². The maximum Gasteiger partial charge on any atom is 0.256 e. The van der Waals surface area contributed by atoms with Gasteiger partial charge in [0.15, 0.2) is 9.84 Å². The summed E-state index contributed by atoms with van der Waals surface area (Å²) >= 11 is 0. The van der Waals surface area contributed by atoms with Crippen molar-refractivity contribution in [2.45, 2.75) is 37.5 Å². The number of halogens is 1. The number of rotatable bonds is 5. The lowest BCUT2D eigenvalue weighted by Gasteiger charge is -2.32. The summed E-state index contributed by atoms with van der Waals surface area (Å²) in [6.07, 6.45) is 2.43. The van der Waals surface area contributed by atoms with Crippen molar-refractivity contribution in [1.82, 2.24) is 4.90 Å². The van der Waals surface area contributed by atoms with Crippen molar-refractivity contribution in [3.63, 3.8) is 0 Å². The molecule has 0 aliphatic carbocycles. The number of hydrogen-bond donors (Lipinski definition) is 1. The van der Waals surface area contributed by atoms with E-state index in [-0.39, 0.29) is 22.3 Å². The first-order valence-corrected chi connectivity index (χ1v) is 13.7. The second-order valence-electron chi connectivity index (χ2n) is 9.37. The van der Waals surface area contributed by atoms with Gasteiger partial charge in [-0.1, -0.05) is 29.8 Å². The van der Waals surface area contributed by atoms with Gasteiger partial charge in [-0.3, -0.25) is 9.59 Å². The van der Waals surface area contributed by atoms with Gasteiger partial charge in [0.05, 0.1) is 10.5 Å². The minimum absolute atomic E-state index is 0.0770. The van der Waals surface area contributed by atoms with E-state index in [1.165, 1.54) is 6.07 Å². The number of carbonyl (C=O) groups excluding carboxylic acids is 2. The van der Waals surface area contributed by atoms with Gasteiger partial charge >= 0.3 is 0 Å². The molecule has 3 aromatic rings. The van der Waals surface area contributed by atoms with Gasteiger partial charge in [0.2, 0.25) is 0 Å². The zero-order valence-corrected chi connectivity index (χ0v) is 21.4. The summed E-state index contributed by atoms with van der Waals surface area (Å²) in [6.45, 7) is 4.74. The summed E-state index contributed by atoms with van der Waals surface area (Å²) in [5, 5.41) is 2.95. The Morgan fingerprint density at radius 3 is 2.22 bits per heavy atom. The molecule has 2 amide bonds. The molecule has 36 heavy (non-hydrogen) atoms. The summed E-state index contributed by atoms with van der Waals surface area (Å²) in [4.78, 5) is 27.1. The summed E-state index contributed by atoms with van der Waals surface area (Å²) in [6, 6.07) is 16.8. The number of anilines is 1. The molecule has 6 nitrogen and oxygen atoms in total. The molecule has 0 atom stereocenters. The normalized spacial score (nSPS) is 14.5. The molecule has 188 valence electrons. The van der Waals surface area contributed by atoms with Crippen LogP contribution in [0.2, 0.25) is 0 Å². The maximum atomic E-state index is 14.3. The molecule has 1 saturated heterocycles. The van der Waals surface area contributed by atoms with Crippen LogP contribution in [0.4, 0.5) is 10.1 Å². The molecular weight excluding hydrogens is 479 g/mol. The Morgan fingerprint density at radius 1 is 0.917 bits per heavy atom. The molecule has 8 heteroatoms. The fourth-order valence-corrected chi connectivity index (χ4v) is 5.15. The molecule has 0 saturated carbocycles. The van der Waals surface area contributed by atoms with Crippen LogP contribution < -0.4 is 5.32 Å². The van der Waals surface area contributed by atoms with E-state index in [1.54, 1.807) is 4.90 Å². The van der Waals surface area contributed by atoms with Crippen molar-refractivity contribution in [2.75, 3.05) is 24.7 Å². The Balaban J connectivity index is 1.38. The Labute approximate surface area is 211 Å². The molecular formula is C28H29FN2O4S. The first kappa shape index (κ1) is 25.6. The van der Waals surface area contributed by atoms with Crippen LogP contribution in [0.25, 0.3) is 0 Å². The molecule has 1 N–H and O–H groups in total. The fourth-order valence-electron chi connectivity index (χ4n) is 4.50. The number of nitrogens with one attached hydrogen (secondary N) is 1. The van der Waals surface area contributed by atoms with E-state index < -0.39 is 21.6 Å². The lowest BCUT2D eigenvalue weighted by atomic mass is 9.89. The third-order valence-corrected chi connectivity index (χ3v) is 7.77. The van der Waals surface area contributed by atoms with Crippen molar-refractivity contribution in [2.24, 2.45) is 0 Å². The van der Waals surface area contributed by atoms with Gasteiger partial charge in [0, 0.05) is 30.6 Å². The lowest BCUT2D eigenvalue weighted by Crippen LogP contribution is -2.38. The minimum atomic E-state index is -3.55. The highest BCUT2D eigenvalue weighted by atomic mass is 32.2. The average molecular weight is 509 g/mol. The van der Waals surface area contributed by atoms with E-state index in [2.05, 4.69) is 5.32 Å². The number of piperidine rings is 1. The maximum absolute atomic E-state index is 14.3. The number of nitrogens with zero attached hydrogens (tertiary/aromatic N) is 1. The molecule has 0 spiro atoms. The molecule has 0 unspecified atom stereocenters. The van der Waals surface area contributed by atoms with E-state index in [0.717, 1.165) is 35.1 Å². The SMILES string of the molecule is Cc1ccc(C)c(C(=O)Nc2ccc(C3CCN(C(=O)c4cc(S(C)(=O)=O)ccc4F)CC3)cc2)c1. The van der Waals surface area contributed by atoms with Crippen molar-refractivity contribution >= 4 is 27.3 Å².